The molecule has 0 bridgehead atoms. The van der Waals surface area contributed by atoms with E-state index >= 15 is 0 Å². The van der Waals surface area contributed by atoms with Gasteiger partial charge in [0.15, 0.2) is 0 Å². The van der Waals surface area contributed by atoms with E-state index in [-0.39, 0.29) is 6.01 Å². The summed E-state index contributed by atoms with van der Waals surface area (Å²) in [6.07, 6.45) is 6.90. The summed E-state index contributed by atoms with van der Waals surface area (Å²) in [5.74, 6) is 0.516. The van der Waals surface area contributed by atoms with Crippen LogP contribution in [0.4, 0.5) is 0 Å². The van der Waals surface area contributed by atoms with Crippen molar-refractivity contribution in [2.24, 2.45) is 0 Å². The summed E-state index contributed by atoms with van der Waals surface area (Å²) in [6.45, 7) is 2.21. The molecule has 0 unspecified atom stereocenters. The highest BCUT2D eigenvalue weighted by atomic mass is 35.5. The Labute approximate surface area is 114 Å². The molecule has 18 heavy (non-hydrogen) atoms. The third-order valence-corrected chi connectivity index (χ3v) is 3.12. The van der Waals surface area contributed by atoms with Crippen molar-refractivity contribution in [1.29, 1.82) is 0 Å². The molecule has 0 aliphatic heterocycles. The average Bonchev–Trinajstić information content (AvgIpc) is 2.39. The lowest BCUT2D eigenvalue weighted by Crippen LogP contribution is -2.02. The molecular formula is C13H21ClN2O2. The van der Waals surface area contributed by atoms with Gasteiger partial charge < -0.3 is 9.47 Å². The molecule has 0 saturated heterocycles. The van der Waals surface area contributed by atoms with Crippen molar-refractivity contribution in [3.63, 3.8) is 0 Å². The normalized spacial score (nSPS) is 10.4. The smallest absolute Gasteiger partial charge is 0.320 e. The minimum absolute atomic E-state index is 0.242. The zero-order chi connectivity index (χ0) is 13.4. The maximum Gasteiger partial charge on any atom is 0.320 e. The van der Waals surface area contributed by atoms with E-state index in [0.29, 0.717) is 11.0 Å². The number of rotatable bonds is 8. The third-order valence-electron chi connectivity index (χ3n) is 2.80. The van der Waals surface area contributed by atoms with Gasteiger partial charge >= 0.3 is 6.01 Å². The molecule has 0 aliphatic rings. The highest BCUT2D eigenvalue weighted by Crippen LogP contribution is 2.27. The highest BCUT2D eigenvalue weighted by Gasteiger charge is 2.13. The quantitative estimate of drug-likeness (QED) is 0.535. The van der Waals surface area contributed by atoms with Crippen molar-refractivity contribution >= 4 is 11.6 Å². The second kappa shape index (κ2) is 8.14. The van der Waals surface area contributed by atoms with Crippen molar-refractivity contribution < 1.29 is 9.47 Å². The van der Waals surface area contributed by atoms with Crippen LogP contribution in [0.2, 0.25) is 5.15 Å². The first-order chi connectivity index (χ1) is 8.72. The van der Waals surface area contributed by atoms with Gasteiger partial charge in [-0.2, -0.15) is 9.97 Å². The Kier molecular flexibility index (Phi) is 6.80. The van der Waals surface area contributed by atoms with Crippen molar-refractivity contribution in [3.8, 4) is 11.9 Å². The van der Waals surface area contributed by atoms with Gasteiger partial charge in [0.1, 0.15) is 5.15 Å². The molecule has 1 heterocycles. The first-order valence-corrected chi connectivity index (χ1v) is 6.75. The second-order valence-electron chi connectivity index (χ2n) is 4.15. The summed E-state index contributed by atoms with van der Waals surface area (Å²) in [4.78, 5) is 8.21. The summed E-state index contributed by atoms with van der Waals surface area (Å²) in [7, 11) is 3.09. The zero-order valence-electron chi connectivity index (χ0n) is 11.3. The van der Waals surface area contributed by atoms with E-state index in [1.165, 1.54) is 32.8 Å². The van der Waals surface area contributed by atoms with Crippen LogP contribution in [0.15, 0.2) is 0 Å². The van der Waals surface area contributed by atoms with Crippen LogP contribution in [-0.4, -0.2) is 24.2 Å². The van der Waals surface area contributed by atoms with E-state index in [9.17, 15) is 0 Å². The van der Waals surface area contributed by atoms with Crippen LogP contribution in [0.3, 0.4) is 0 Å². The molecule has 0 aromatic carbocycles. The topological polar surface area (TPSA) is 44.2 Å². The monoisotopic (exact) mass is 272 g/mol. The van der Waals surface area contributed by atoms with E-state index < -0.39 is 0 Å². The molecule has 0 fully saturated rings. The molecule has 5 heteroatoms. The fraction of sp³-hybridized carbons (Fsp3) is 0.692. The number of nitrogens with zero attached hydrogens (tertiary/aromatic N) is 2. The summed E-state index contributed by atoms with van der Waals surface area (Å²) < 4.78 is 10.2. The predicted molar refractivity (Wildman–Crippen MR) is 72.6 cm³/mol. The summed E-state index contributed by atoms with van der Waals surface area (Å²) >= 11 is 6.12. The number of hydrogen-bond acceptors (Lipinski definition) is 4. The average molecular weight is 273 g/mol. The van der Waals surface area contributed by atoms with Gasteiger partial charge in [0.25, 0.3) is 0 Å². The summed E-state index contributed by atoms with van der Waals surface area (Å²) in [6, 6.07) is 0.242. The van der Waals surface area contributed by atoms with Crippen LogP contribution < -0.4 is 9.47 Å². The van der Waals surface area contributed by atoms with Crippen molar-refractivity contribution in [2.45, 2.75) is 45.4 Å². The Hall–Kier alpha value is -1.03. The van der Waals surface area contributed by atoms with E-state index in [4.69, 9.17) is 21.1 Å². The number of aromatic nitrogens is 2. The van der Waals surface area contributed by atoms with Gasteiger partial charge in [-0.25, -0.2) is 0 Å². The van der Waals surface area contributed by atoms with Gasteiger partial charge in [-0.15, -0.1) is 0 Å². The van der Waals surface area contributed by atoms with Crippen LogP contribution in [0.25, 0.3) is 0 Å². The summed E-state index contributed by atoms with van der Waals surface area (Å²) in [5, 5.41) is 0.425. The molecule has 4 nitrogen and oxygen atoms in total. The maximum atomic E-state index is 6.12. The molecule has 0 saturated carbocycles. The minimum Gasteiger partial charge on any atom is -0.481 e. The molecule has 0 aliphatic carbocycles. The number of hydrogen-bond donors (Lipinski definition) is 0. The molecule has 0 radical (unpaired) electrons. The Morgan fingerprint density at radius 2 is 1.72 bits per heavy atom. The second-order valence-corrected chi connectivity index (χ2v) is 4.51. The number of unbranched alkanes of at least 4 members (excludes halogenated alkanes) is 4. The molecule has 102 valence electrons. The molecule has 0 amide bonds. The SMILES string of the molecule is CCCCCCCc1c(Cl)nc(OC)nc1OC. The highest BCUT2D eigenvalue weighted by molar-refractivity contribution is 6.30. The molecule has 0 spiro atoms. The number of halogens is 1. The Morgan fingerprint density at radius 3 is 2.33 bits per heavy atom. The Balaban J connectivity index is 2.63. The van der Waals surface area contributed by atoms with Crippen LogP contribution in [0.1, 0.15) is 44.6 Å². The van der Waals surface area contributed by atoms with Gasteiger partial charge in [-0.3, -0.25) is 0 Å². The van der Waals surface area contributed by atoms with Crippen molar-refractivity contribution in [3.05, 3.63) is 10.7 Å². The first kappa shape index (κ1) is 15.0. The number of ether oxygens (including phenoxy) is 2. The molecule has 1 rings (SSSR count). The minimum atomic E-state index is 0.242. The van der Waals surface area contributed by atoms with Gasteiger partial charge in [0.2, 0.25) is 5.88 Å². The van der Waals surface area contributed by atoms with Crippen LogP contribution in [-0.2, 0) is 6.42 Å². The Bertz CT molecular complexity index is 372. The predicted octanol–water partition coefficient (Wildman–Crippen LogP) is 3.66. The molecule has 1 aromatic heterocycles. The molecule has 0 atom stereocenters. The lowest BCUT2D eigenvalue weighted by molar-refractivity contribution is 0.348. The Morgan fingerprint density at radius 1 is 1.00 bits per heavy atom. The van der Waals surface area contributed by atoms with Crippen molar-refractivity contribution in [2.75, 3.05) is 14.2 Å². The first-order valence-electron chi connectivity index (χ1n) is 6.37. The van der Waals surface area contributed by atoms with E-state index in [1.807, 2.05) is 0 Å². The molecule has 1 aromatic rings. The lowest BCUT2D eigenvalue weighted by Gasteiger charge is -2.10. The van der Waals surface area contributed by atoms with Crippen molar-refractivity contribution in [1.82, 2.24) is 9.97 Å². The third kappa shape index (κ3) is 4.33. The zero-order valence-corrected chi connectivity index (χ0v) is 12.1. The van der Waals surface area contributed by atoms with Gasteiger partial charge in [0, 0.05) is 0 Å². The van der Waals surface area contributed by atoms with Crippen LogP contribution >= 0.6 is 11.6 Å². The van der Waals surface area contributed by atoms with Crippen LogP contribution in [0.5, 0.6) is 11.9 Å². The standard InChI is InChI=1S/C13H21ClN2O2/c1-4-5-6-7-8-9-10-11(14)15-13(18-3)16-12(10)17-2/h4-9H2,1-3H3. The van der Waals surface area contributed by atoms with Gasteiger partial charge in [0.05, 0.1) is 19.8 Å². The van der Waals surface area contributed by atoms with E-state index in [0.717, 1.165) is 18.4 Å². The lowest BCUT2D eigenvalue weighted by atomic mass is 10.1. The van der Waals surface area contributed by atoms with Crippen LogP contribution in [0, 0.1) is 0 Å². The fourth-order valence-corrected chi connectivity index (χ4v) is 2.04. The number of methoxy groups -OCH3 is 2. The van der Waals surface area contributed by atoms with Gasteiger partial charge in [-0.1, -0.05) is 44.2 Å². The maximum absolute atomic E-state index is 6.12. The summed E-state index contributed by atoms with van der Waals surface area (Å²) in [5.41, 5.74) is 0.872. The largest absolute Gasteiger partial charge is 0.481 e. The van der Waals surface area contributed by atoms with E-state index in [2.05, 4.69) is 16.9 Å². The molecule has 0 N–H and O–H groups in total. The van der Waals surface area contributed by atoms with E-state index in [1.54, 1.807) is 7.11 Å². The molecular weight excluding hydrogens is 252 g/mol. The fourth-order valence-electron chi connectivity index (χ4n) is 1.79. The van der Waals surface area contributed by atoms with Gasteiger partial charge in [-0.05, 0) is 12.8 Å².